The third-order valence-electron chi connectivity index (χ3n) is 4.25. The largest absolute Gasteiger partial charge is 0.497 e. The molecule has 3 rings (SSSR count). The average molecular weight is 370 g/mol. The fraction of sp³-hybridized carbons (Fsp3) is 0.300. The molecule has 0 saturated carbocycles. The van der Waals surface area contributed by atoms with E-state index in [1.807, 2.05) is 18.2 Å². The van der Waals surface area contributed by atoms with Crippen LogP contribution in [0.3, 0.4) is 0 Å². The lowest BCUT2D eigenvalue weighted by Crippen LogP contribution is -2.33. The van der Waals surface area contributed by atoms with E-state index in [9.17, 15) is 9.59 Å². The fourth-order valence-corrected chi connectivity index (χ4v) is 2.78. The van der Waals surface area contributed by atoms with E-state index < -0.39 is 0 Å². The molecular formula is C20H22N2O5. The third kappa shape index (κ3) is 4.69. The topological polar surface area (TPSA) is 77.1 Å². The lowest BCUT2D eigenvalue weighted by molar-refractivity contribution is -0.121. The molecule has 7 heteroatoms. The van der Waals surface area contributed by atoms with Crippen LogP contribution in [0.2, 0.25) is 0 Å². The molecule has 2 amide bonds. The van der Waals surface area contributed by atoms with Crippen LogP contribution >= 0.6 is 0 Å². The van der Waals surface area contributed by atoms with Crippen molar-refractivity contribution >= 4 is 17.5 Å². The highest BCUT2D eigenvalue weighted by Crippen LogP contribution is 2.32. The molecule has 1 heterocycles. The number of hydrogen-bond donors (Lipinski definition) is 1. The van der Waals surface area contributed by atoms with Gasteiger partial charge in [-0.25, -0.2) is 0 Å². The van der Waals surface area contributed by atoms with Gasteiger partial charge in [0.2, 0.25) is 18.6 Å². The van der Waals surface area contributed by atoms with Gasteiger partial charge in [-0.3, -0.25) is 9.59 Å². The van der Waals surface area contributed by atoms with E-state index in [-0.39, 0.29) is 25.0 Å². The number of rotatable bonds is 7. The summed E-state index contributed by atoms with van der Waals surface area (Å²) in [6, 6.07) is 12.7. The number of fused-ring (bicyclic) bond motifs is 1. The number of benzene rings is 2. The maximum atomic E-state index is 12.2. The van der Waals surface area contributed by atoms with Crippen molar-refractivity contribution in [3.05, 3.63) is 48.0 Å². The van der Waals surface area contributed by atoms with Crippen LogP contribution in [-0.2, 0) is 16.1 Å². The van der Waals surface area contributed by atoms with Gasteiger partial charge < -0.3 is 24.4 Å². The molecule has 2 aromatic rings. The molecule has 0 aliphatic carbocycles. The van der Waals surface area contributed by atoms with Crippen molar-refractivity contribution in [2.75, 3.05) is 25.3 Å². The average Bonchev–Trinajstić information content (AvgIpc) is 3.14. The Morgan fingerprint density at radius 3 is 2.56 bits per heavy atom. The number of hydrogen-bond acceptors (Lipinski definition) is 5. The molecule has 2 aromatic carbocycles. The number of methoxy groups -OCH3 is 1. The highest BCUT2D eigenvalue weighted by atomic mass is 16.7. The molecule has 1 aliphatic rings. The molecule has 0 bridgehead atoms. The third-order valence-corrected chi connectivity index (χ3v) is 4.25. The second kappa shape index (κ2) is 8.44. The Kier molecular flexibility index (Phi) is 5.80. The molecule has 0 aromatic heterocycles. The molecule has 1 aliphatic heterocycles. The first-order valence-corrected chi connectivity index (χ1v) is 8.64. The van der Waals surface area contributed by atoms with Crippen LogP contribution in [-0.4, -0.2) is 32.3 Å². The van der Waals surface area contributed by atoms with Crippen molar-refractivity contribution in [1.82, 2.24) is 5.32 Å². The van der Waals surface area contributed by atoms with Crippen molar-refractivity contribution < 1.29 is 23.8 Å². The Hall–Kier alpha value is -3.22. The zero-order chi connectivity index (χ0) is 19.2. The Labute approximate surface area is 157 Å². The predicted octanol–water partition coefficient (Wildman–Crippen LogP) is 2.48. The quantitative estimate of drug-likeness (QED) is 0.810. The second-order valence-corrected chi connectivity index (χ2v) is 6.08. The highest BCUT2D eigenvalue weighted by molar-refractivity contribution is 5.92. The summed E-state index contributed by atoms with van der Waals surface area (Å²) in [7, 11) is 1.59. The van der Waals surface area contributed by atoms with E-state index in [0.29, 0.717) is 30.3 Å². The predicted molar refractivity (Wildman–Crippen MR) is 100 cm³/mol. The summed E-state index contributed by atoms with van der Waals surface area (Å²) in [5, 5.41) is 2.86. The van der Waals surface area contributed by atoms with Gasteiger partial charge in [-0.05, 0) is 42.0 Å². The van der Waals surface area contributed by atoms with Gasteiger partial charge in [0.25, 0.3) is 0 Å². The number of carbonyl (C=O) groups is 2. The number of anilines is 1. The van der Waals surface area contributed by atoms with Gasteiger partial charge in [0, 0.05) is 32.1 Å². The first-order valence-electron chi connectivity index (χ1n) is 8.64. The summed E-state index contributed by atoms with van der Waals surface area (Å²) in [6.45, 7) is 2.39. The van der Waals surface area contributed by atoms with E-state index in [4.69, 9.17) is 14.2 Å². The van der Waals surface area contributed by atoms with Gasteiger partial charge in [0.1, 0.15) is 5.75 Å². The zero-order valence-corrected chi connectivity index (χ0v) is 15.4. The summed E-state index contributed by atoms with van der Waals surface area (Å²) in [5.41, 5.74) is 1.65. The number of amides is 2. The molecule has 0 radical (unpaired) electrons. The maximum absolute atomic E-state index is 12.2. The standard InChI is InChI=1S/C20H22N2O5/c1-14(23)22(16-4-6-17(25-2)7-5-16)10-9-20(24)21-12-15-3-8-18-19(11-15)27-13-26-18/h3-8,11H,9-10,12-13H2,1-2H3,(H,21,24). The minimum atomic E-state index is -0.132. The van der Waals surface area contributed by atoms with Gasteiger partial charge >= 0.3 is 0 Å². The SMILES string of the molecule is COc1ccc(N(CCC(=O)NCc2ccc3c(c2)OCO3)C(C)=O)cc1. The molecule has 0 unspecified atom stereocenters. The number of nitrogens with one attached hydrogen (secondary N) is 1. The van der Waals surface area contributed by atoms with Gasteiger partial charge in [-0.2, -0.15) is 0 Å². The fourth-order valence-electron chi connectivity index (χ4n) is 2.78. The summed E-state index contributed by atoms with van der Waals surface area (Å²) >= 11 is 0. The van der Waals surface area contributed by atoms with E-state index in [1.165, 1.54) is 6.92 Å². The molecule has 7 nitrogen and oxygen atoms in total. The van der Waals surface area contributed by atoms with Gasteiger partial charge in [-0.15, -0.1) is 0 Å². The van der Waals surface area contributed by atoms with Crippen LogP contribution in [0.1, 0.15) is 18.9 Å². The minimum Gasteiger partial charge on any atom is -0.497 e. The Morgan fingerprint density at radius 1 is 1.11 bits per heavy atom. The molecule has 142 valence electrons. The van der Waals surface area contributed by atoms with Gasteiger partial charge in [-0.1, -0.05) is 6.07 Å². The summed E-state index contributed by atoms with van der Waals surface area (Å²) in [5.74, 6) is 1.85. The number of carbonyl (C=O) groups excluding carboxylic acids is 2. The lowest BCUT2D eigenvalue weighted by atomic mass is 10.2. The molecular weight excluding hydrogens is 348 g/mol. The molecule has 0 saturated heterocycles. The van der Waals surface area contributed by atoms with Gasteiger partial charge in [0.05, 0.1) is 7.11 Å². The monoisotopic (exact) mass is 370 g/mol. The Balaban J connectivity index is 1.52. The molecule has 27 heavy (non-hydrogen) atoms. The highest BCUT2D eigenvalue weighted by Gasteiger charge is 2.15. The summed E-state index contributed by atoms with van der Waals surface area (Å²) in [6.07, 6.45) is 0.205. The van der Waals surface area contributed by atoms with Crippen molar-refractivity contribution in [3.63, 3.8) is 0 Å². The molecule has 0 spiro atoms. The van der Waals surface area contributed by atoms with Crippen LogP contribution in [0.4, 0.5) is 5.69 Å². The first kappa shape index (κ1) is 18.6. The van der Waals surface area contributed by atoms with Crippen LogP contribution < -0.4 is 24.4 Å². The van der Waals surface area contributed by atoms with Crippen molar-refractivity contribution in [2.24, 2.45) is 0 Å². The van der Waals surface area contributed by atoms with E-state index in [2.05, 4.69) is 5.32 Å². The Morgan fingerprint density at radius 2 is 1.85 bits per heavy atom. The van der Waals surface area contributed by atoms with E-state index in [0.717, 1.165) is 11.3 Å². The molecule has 0 atom stereocenters. The van der Waals surface area contributed by atoms with Crippen molar-refractivity contribution in [2.45, 2.75) is 19.9 Å². The molecule has 0 fully saturated rings. The van der Waals surface area contributed by atoms with Crippen molar-refractivity contribution in [1.29, 1.82) is 0 Å². The van der Waals surface area contributed by atoms with Crippen LogP contribution in [0.15, 0.2) is 42.5 Å². The summed E-state index contributed by atoms with van der Waals surface area (Å²) in [4.78, 5) is 25.7. The zero-order valence-electron chi connectivity index (χ0n) is 15.4. The number of ether oxygens (including phenoxy) is 3. The van der Waals surface area contributed by atoms with Gasteiger partial charge in [0.15, 0.2) is 11.5 Å². The van der Waals surface area contributed by atoms with E-state index >= 15 is 0 Å². The minimum absolute atomic E-state index is 0.122. The second-order valence-electron chi connectivity index (χ2n) is 6.08. The van der Waals surface area contributed by atoms with Crippen LogP contribution in [0.25, 0.3) is 0 Å². The van der Waals surface area contributed by atoms with Crippen LogP contribution in [0.5, 0.6) is 17.2 Å². The summed E-state index contributed by atoms with van der Waals surface area (Å²) < 4.78 is 15.7. The smallest absolute Gasteiger partial charge is 0.231 e. The maximum Gasteiger partial charge on any atom is 0.231 e. The first-order chi connectivity index (χ1) is 13.1. The molecule has 1 N–H and O–H groups in total. The lowest BCUT2D eigenvalue weighted by Gasteiger charge is -2.21. The number of nitrogens with zero attached hydrogens (tertiary/aromatic N) is 1. The van der Waals surface area contributed by atoms with Crippen molar-refractivity contribution in [3.8, 4) is 17.2 Å². The Bertz CT molecular complexity index is 820. The van der Waals surface area contributed by atoms with Crippen LogP contribution in [0, 0.1) is 0 Å². The normalized spacial score (nSPS) is 11.8. The van der Waals surface area contributed by atoms with E-state index in [1.54, 1.807) is 36.3 Å².